The lowest BCUT2D eigenvalue weighted by Crippen LogP contribution is -2.13. The Hall–Kier alpha value is -2.93. The van der Waals surface area contributed by atoms with E-state index in [1.807, 2.05) is 32.0 Å². The van der Waals surface area contributed by atoms with Crippen LogP contribution in [0.15, 0.2) is 65.7 Å². The number of benzene rings is 2. The van der Waals surface area contributed by atoms with E-state index in [1.54, 1.807) is 12.1 Å². The molecule has 0 unspecified atom stereocenters. The Morgan fingerprint density at radius 1 is 0.885 bits per heavy atom. The lowest BCUT2D eigenvalue weighted by molar-refractivity contribution is 0.599. The smallest absolute Gasteiger partial charge is 0.261 e. The van der Waals surface area contributed by atoms with Crippen LogP contribution in [-0.4, -0.2) is 13.4 Å². The fourth-order valence-electron chi connectivity index (χ4n) is 2.32. The van der Waals surface area contributed by atoms with Crippen LogP contribution < -0.4 is 10.0 Å². The predicted octanol–water partition coefficient (Wildman–Crippen LogP) is 4.38. The van der Waals surface area contributed by atoms with Gasteiger partial charge in [-0.1, -0.05) is 6.07 Å². The highest BCUT2D eigenvalue weighted by molar-refractivity contribution is 7.92. The Balaban J connectivity index is 1.73. The Bertz CT molecular complexity index is 1020. The van der Waals surface area contributed by atoms with Gasteiger partial charge in [0.25, 0.3) is 10.0 Å². The van der Waals surface area contributed by atoms with E-state index < -0.39 is 15.8 Å². The zero-order valence-corrected chi connectivity index (χ0v) is 15.1. The summed E-state index contributed by atoms with van der Waals surface area (Å²) < 4.78 is 39.9. The molecule has 134 valence electrons. The molecule has 26 heavy (non-hydrogen) atoms. The first-order valence-electron chi connectivity index (χ1n) is 7.92. The van der Waals surface area contributed by atoms with Gasteiger partial charge in [0.05, 0.1) is 16.8 Å². The average Bonchev–Trinajstić information content (AvgIpc) is 2.60. The number of aryl methyl sites for hydroxylation is 2. The molecule has 0 radical (unpaired) electrons. The summed E-state index contributed by atoms with van der Waals surface area (Å²) in [4.78, 5) is 4.20. The predicted molar refractivity (Wildman–Crippen MR) is 101 cm³/mol. The topological polar surface area (TPSA) is 71.1 Å². The van der Waals surface area contributed by atoms with Crippen molar-refractivity contribution in [2.45, 2.75) is 18.7 Å². The number of hydrogen-bond donors (Lipinski definition) is 2. The summed E-state index contributed by atoms with van der Waals surface area (Å²) in [5.41, 5.74) is 3.59. The molecule has 2 N–H and O–H groups in total. The molecule has 7 heteroatoms. The molecule has 0 bridgehead atoms. The highest BCUT2D eigenvalue weighted by atomic mass is 32.2. The van der Waals surface area contributed by atoms with Gasteiger partial charge in [-0.3, -0.25) is 4.72 Å². The minimum atomic E-state index is -3.79. The maximum absolute atomic E-state index is 12.9. The second kappa shape index (κ2) is 7.13. The average molecular weight is 371 g/mol. The molecule has 3 aromatic rings. The first-order valence-corrected chi connectivity index (χ1v) is 9.40. The van der Waals surface area contributed by atoms with E-state index >= 15 is 0 Å². The van der Waals surface area contributed by atoms with Crippen LogP contribution in [0.5, 0.6) is 0 Å². The molecule has 0 spiro atoms. The van der Waals surface area contributed by atoms with E-state index in [0.717, 1.165) is 17.8 Å². The number of rotatable bonds is 5. The fraction of sp³-hybridized carbons (Fsp3) is 0.105. The van der Waals surface area contributed by atoms with E-state index in [9.17, 15) is 12.8 Å². The molecular formula is C19H18FN3O2S. The normalized spacial score (nSPS) is 11.2. The van der Waals surface area contributed by atoms with Crippen LogP contribution in [-0.2, 0) is 10.0 Å². The summed E-state index contributed by atoms with van der Waals surface area (Å²) in [6, 6.07) is 13.9. The third-order valence-electron chi connectivity index (χ3n) is 3.92. The number of hydrogen-bond acceptors (Lipinski definition) is 4. The lowest BCUT2D eigenvalue weighted by atomic mass is 10.1. The zero-order chi connectivity index (χ0) is 18.7. The molecule has 0 saturated carbocycles. The Kier molecular flexibility index (Phi) is 4.90. The first kappa shape index (κ1) is 17.9. The molecule has 0 atom stereocenters. The maximum atomic E-state index is 12.9. The molecule has 2 aromatic carbocycles. The zero-order valence-electron chi connectivity index (χ0n) is 14.3. The second-order valence-electron chi connectivity index (χ2n) is 5.92. The van der Waals surface area contributed by atoms with Crippen molar-refractivity contribution in [3.05, 3.63) is 77.7 Å². The van der Waals surface area contributed by atoms with Gasteiger partial charge in [0.2, 0.25) is 0 Å². The van der Waals surface area contributed by atoms with Crippen LogP contribution in [0.25, 0.3) is 0 Å². The summed E-state index contributed by atoms with van der Waals surface area (Å²) in [5.74, 6) is 0.102. The van der Waals surface area contributed by atoms with Gasteiger partial charge in [0.1, 0.15) is 11.6 Å². The molecule has 1 heterocycles. The maximum Gasteiger partial charge on any atom is 0.261 e. The van der Waals surface area contributed by atoms with Crippen LogP contribution in [0.4, 0.5) is 21.6 Å². The van der Waals surface area contributed by atoms with Crippen LogP contribution in [0.1, 0.15) is 11.1 Å². The molecule has 0 aliphatic rings. The summed E-state index contributed by atoms with van der Waals surface area (Å²) in [7, 11) is -3.79. The molecular weight excluding hydrogens is 353 g/mol. The molecule has 0 fully saturated rings. The van der Waals surface area contributed by atoms with Gasteiger partial charge in [0, 0.05) is 5.69 Å². The molecule has 0 saturated heterocycles. The van der Waals surface area contributed by atoms with Gasteiger partial charge < -0.3 is 5.32 Å². The molecule has 1 aromatic heterocycles. The Morgan fingerprint density at radius 2 is 1.58 bits per heavy atom. The highest BCUT2D eigenvalue weighted by Gasteiger charge is 2.14. The summed E-state index contributed by atoms with van der Waals surface area (Å²) in [5, 5.41) is 3.17. The van der Waals surface area contributed by atoms with Crippen molar-refractivity contribution in [3.8, 4) is 0 Å². The minimum absolute atomic E-state index is 0.0174. The van der Waals surface area contributed by atoms with Gasteiger partial charge in [-0.15, -0.1) is 0 Å². The van der Waals surface area contributed by atoms with Crippen molar-refractivity contribution in [2.75, 3.05) is 10.0 Å². The highest BCUT2D eigenvalue weighted by Crippen LogP contribution is 2.20. The molecule has 3 rings (SSSR count). The van der Waals surface area contributed by atoms with Crippen molar-refractivity contribution in [1.82, 2.24) is 4.98 Å². The van der Waals surface area contributed by atoms with Gasteiger partial charge in [-0.05, 0) is 73.5 Å². The third kappa shape index (κ3) is 4.18. The number of pyridine rings is 1. The van der Waals surface area contributed by atoms with Gasteiger partial charge >= 0.3 is 0 Å². The standard InChI is InChI=1S/C19H18FN3O2S/c1-13-3-6-16(11-14(13)2)22-19-10-7-17(12-21-19)23-26(24,25)18-8-4-15(20)5-9-18/h3-12,23H,1-2H3,(H,21,22). The van der Waals surface area contributed by atoms with Crippen molar-refractivity contribution in [1.29, 1.82) is 0 Å². The molecule has 5 nitrogen and oxygen atoms in total. The van der Waals surface area contributed by atoms with E-state index in [4.69, 9.17) is 0 Å². The summed E-state index contributed by atoms with van der Waals surface area (Å²) in [6.07, 6.45) is 1.42. The third-order valence-corrected chi connectivity index (χ3v) is 5.32. The van der Waals surface area contributed by atoms with Gasteiger partial charge in [-0.25, -0.2) is 17.8 Å². The van der Waals surface area contributed by atoms with Crippen LogP contribution in [0.2, 0.25) is 0 Å². The first-order chi connectivity index (χ1) is 12.3. The largest absolute Gasteiger partial charge is 0.340 e. The second-order valence-corrected chi connectivity index (χ2v) is 7.60. The number of anilines is 3. The van der Waals surface area contributed by atoms with Gasteiger partial charge in [-0.2, -0.15) is 0 Å². The molecule has 0 amide bonds. The Morgan fingerprint density at radius 3 is 2.19 bits per heavy atom. The number of nitrogens with zero attached hydrogens (tertiary/aromatic N) is 1. The van der Waals surface area contributed by atoms with Crippen LogP contribution in [0.3, 0.4) is 0 Å². The van der Waals surface area contributed by atoms with Crippen molar-refractivity contribution >= 4 is 27.2 Å². The molecule has 0 aliphatic carbocycles. The van der Waals surface area contributed by atoms with Gasteiger partial charge in [0.15, 0.2) is 0 Å². The van der Waals surface area contributed by atoms with E-state index in [1.165, 1.54) is 29.5 Å². The monoisotopic (exact) mass is 371 g/mol. The molecule has 0 aliphatic heterocycles. The number of halogens is 1. The van der Waals surface area contributed by atoms with Crippen molar-refractivity contribution in [2.24, 2.45) is 0 Å². The SMILES string of the molecule is Cc1ccc(Nc2ccc(NS(=O)(=O)c3ccc(F)cc3)cn2)cc1C. The van der Waals surface area contributed by atoms with E-state index in [2.05, 4.69) is 15.0 Å². The van der Waals surface area contributed by atoms with Crippen LogP contribution in [0, 0.1) is 19.7 Å². The van der Waals surface area contributed by atoms with E-state index in [-0.39, 0.29) is 4.90 Å². The number of nitrogens with one attached hydrogen (secondary N) is 2. The fourth-order valence-corrected chi connectivity index (χ4v) is 3.37. The quantitative estimate of drug-likeness (QED) is 0.698. The summed E-state index contributed by atoms with van der Waals surface area (Å²) >= 11 is 0. The number of aromatic nitrogens is 1. The lowest BCUT2D eigenvalue weighted by Gasteiger charge is -2.10. The van der Waals surface area contributed by atoms with Crippen molar-refractivity contribution in [3.63, 3.8) is 0 Å². The van der Waals surface area contributed by atoms with Crippen LogP contribution >= 0.6 is 0 Å². The Labute approximate surface area is 152 Å². The van der Waals surface area contributed by atoms with E-state index in [0.29, 0.717) is 11.5 Å². The minimum Gasteiger partial charge on any atom is -0.340 e. The number of sulfonamides is 1. The van der Waals surface area contributed by atoms with Crippen molar-refractivity contribution < 1.29 is 12.8 Å². The summed E-state index contributed by atoms with van der Waals surface area (Å²) in [6.45, 7) is 4.07.